The Hall–Kier alpha value is -3.03. The molecule has 25 heavy (non-hydrogen) atoms. The summed E-state index contributed by atoms with van der Waals surface area (Å²) in [4.78, 5) is 8.53. The second-order valence-electron chi connectivity index (χ2n) is 5.90. The van der Waals surface area contributed by atoms with Crippen molar-refractivity contribution in [3.63, 3.8) is 0 Å². The lowest BCUT2D eigenvalue weighted by molar-refractivity contribution is 0.446. The van der Waals surface area contributed by atoms with Crippen LogP contribution in [-0.4, -0.2) is 30.9 Å². The van der Waals surface area contributed by atoms with Crippen LogP contribution in [0.3, 0.4) is 0 Å². The lowest BCUT2D eigenvalue weighted by Gasteiger charge is -2.06. The first-order valence-corrected chi connectivity index (χ1v) is 7.79. The van der Waals surface area contributed by atoms with Gasteiger partial charge in [0, 0.05) is 13.1 Å². The van der Waals surface area contributed by atoms with Crippen LogP contribution in [0.25, 0.3) is 11.6 Å². The molecule has 0 aliphatic rings. The molecule has 0 fully saturated rings. The molecule has 3 aromatic rings. The Morgan fingerprint density at radius 2 is 1.96 bits per heavy atom. The van der Waals surface area contributed by atoms with Crippen molar-refractivity contribution < 1.29 is 13.9 Å². The Bertz CT molecular complexity index is 944. The number of rotatable bonds is 4. The van der Waals surface area contributed by atoms with E-state index in [1.165, 1.54) is 18.5 Å². The van der Waals surface area contributed by atoms with Gasteiger partial charge in [0.15, 0.2) is 16.9 Å². The molecular weight excluding hydrogens is 325 g/mol. The van der Waals surface area contributed by atoms with Gasteiger partial charge in [0.05, 0.1) is 12.7 Å². The molecule has 130 valence electrons. The Kier molecular flexibility index (Phi) is 4.60. The van der Waals surface area contributed by atoms with Crippen molar-refractivity contribution in [1.82, 2.24) is 19.7 Å². The monoisotopic (exact) mass is 343 g/mol. The zero-order valence-electron chi connectivity index (χ0n) is 14.1. The van der Waals surface area contributed by atoms with Crippen molar-refractivity contribution in [2.75, 3.05) is 0 Å². The van der Waals surface area contributed by atoms with Crippen LogP contribution >= 0.6 is 0 Å². The van der Waals surface area contributed by atoms with E-state index in [0.717, 1.165) is 5.56 Å². The van der Waals surface area contributed by atoms with Gasteiger partial charge in [0.1, 0.15) is 5.82 Å². The molecule has 0 amide bonds. The maximum atomic E-state index is 13.0. The van der Waals surface area contributed by atoms with Gasteiger partial charge in [0.2, 0.25) is 5.89 Å². The number of aryl methyl sites for hydroxylation is 1. The number of halogens is 1. The minimum atomic E-state index is -0.303. The van der Waals surface area contributed by atoms with Crippen LogP contribution in [0.5, 0.6) is 5.75 Å². The van der Waals surface area contributed by atoms with Gasteiger partial charge in [-0.05, 0) is 31.5 Å². The molecule has 2 heterocycles. The Labute approximate surface area is 143 Å². The van der Waals surface area contributed by atoms with Gasteiger partial charge in [-0.1, -0.05) is 12.1 Å². The highest BCUT2D eigenvalue weighted by Crippen LogP contribution is 2.22. The molecule has 0 spiro atoms. The van der Waals surface area contributed by atoms with Crippen molar-refractivity contribution in [1.29, 1.82) is 0 Å². The first kappa shape index (κ1) is 16.8. The summed E-state index contributed by atoms with van der Waals surface area (Å²) in [7, 11) is 1.74. The third-order valence-corrected chi connectivity index (χ3v) is 3.45. The summed E-state index contributed by atoms with van der Waals surface area (Å²) in [5, 5.41) is 18.4. The molecular formula is C17H18FN5O2. The third-order valence-electron chi connectivity index (χ3n) is 3.45. The van der Waals surface area contributed by atoms with Crippen molar-refractivity contribution in [3.8, 4) is 17.3 Å². The van der Waals surface area contributed by atoms with Crippen molar-refractivity contribution in [2.45, 2.75) is 26.3 Å². The lowest BCUT2D eigenvalue weighted by Crippen LogP contribution is -2.21. The van der Waals surface area contributed by atoms with Gasteiger partial charge in [0.25, 0.3) is 5.89 Å². The number of hydrogen-bond donors (Lipinski definition) is 1. The highest BCUT2D eigenvalue weighted by atomic mass is 19.1. The van der Waals surface area contributed by atoms with Crippen LogP contribution in [-0.2, 0) is 13.5 Å². The van der Waals surface area contributed by atoms with Gasteiger partial charge >= 0.3 is 0 Å². The zero-order chi connectivity index (χ0) is 18.0. The third kappa shape index (κ3) is 3.73. The molecule has 0 atom stereocenters. The van der Waals surface area contributed by atoms with E-state index in [1.807, 2.05) is 13.8 Å². The van der Waals surface area contributed by atoms with Crippen LogP contribution in [0, 0.1) is 5.82 Å². The van der Waals surface area contributed by atoms with E-state index in [0.29, 0.717) is 17.8 Å². The average molecular weight is 343 g/mol. The first-order valence-electron chi connectivity index (χ1n) is 7.79. The zero-order valence-corrected chi connectivity index (χ0v) is 14.1. The summed E-state index contributed by atoms with van der Waals surface area (Å²) >= 11 is 0. The molecule has 0 radical (unpaired) electrons. The molecule has 1 N–H and O–H groups in total. The highest BCUT2D eigenvalue weighted by molar-refractivity contribution is 5.54. The van der Waals surface area contributed by atoms with E-state index in [-0.39, 0.29) is 29.2 Å². The van der Waals surface area contributed by atoms with Crippen LogP contribution in [0.4, 0.5) is 4.39 Å². The van der Waals surface area contributed by atoms with Crippen molar-refractivity contribution in [3.05, 3.63) is 53.4 Å². The topological polar surface area (TPSA) is 89.3 Å². The molecule has 3 rings (SSSR count). The number of nitrogens with zero attached hydrogens (tertiary/aromatic N) is 5. The largest absolute Gasteiger partial charge is 0.503 e. The molecule has 0 bridgehead atoms. The van der Waals surface area contributed by atoms with E-state index >= 15 is 0 Å². The van der Waals surface area contributed by atoms with Crippen LogP contribution < -0.4 is 5.49 Å². The summed E-state index contributed by atoms with van der Waals surface area (Å²) in [6.45, 7) is 3.82. The molecule has 0 aliphatic heterocycles. The summed E-state index contributed by atoms with van der Waals surface area (Å²) in [5.41, 5.74) is 1.40. The molecule has 7 nitrogen and oxygen atoms in total. The van der Waals surface area contributed by atoms with Gasteiger partial charge < -0.3 is 14.1 Å². The second kappa shape index (κ2) is 6.84. The minimum absolute atomic E-state index is 0.00377. The number of aromatic hydroxyl groups is 1. The fourth-order valence-electron chi connectivity index (χ4n) is 2.28. The molecule has 8 heteroatoms. The summed E-state index contributed by atoms with van der Waals surface area (Å²) in [5.74, 6) is 0.0344. The maximum absolute atomic E-state index is 13.0. The van der Waals surface area contributed by atoms with E-state index in [9.17, 15) is 9.50 Å². The first-order chi connectivity index (χ1) is 11.9. The van der Waals surface area contributed by atoms with Gasteiger partial charge in [-0.2, -0.15) is 0 Å². The Balaban J connectivity index is 1.93. The van der Waals surface area contributed by atoms with Gasteiger partial charge in [-0.15, -0.1) is 10.2 Å². The molecule has 2 aromatic heterocycles. The quantitative estimate of drug-likeness (QED) is 0.784. The van der Waals surface area contributed by atoms with Crippen molar-refractivity contribution >= 4 is 0 Å². The van der Waals surface area contributed by atoms with Crippen LogP contribution in [0.2, 0.25) is 0 Å². The second-order valence-corrected chi connectivity index (χ2v) is 5.90. The fourth-order valence-corrected chi connectivity index (χ4v) is 2.28. The molecule has 0 saturated carbocycles. The van der Waals surface area contributed by atoms with E-state index in [1.54, 1.807) is 23.7 Å². The lowest BCUT2D eigenvalue weighted by atomic mass is 10.1. The standard InChI is InChI=1S/C17H18FN5O2/c1-10(2)20-16-15(24)14(19-9-23(16)3)17-22-21-13(25-17)8-11-4-6-12(18)7-5-11/h4-7,9-10,24H,8H2,1-3H3. The van der Waals surface area contributed by atoms with Gasteiger partial charge in [-0.25, -0.2) is 9.37 Å². The summed E-state index contributed by atoms with van der Waals surface area (Å²) in [6.07, 6.45) is 1.89. The normalized spacial score (nSPS) is 12.1. The Morgan fingerprint density at radius 3 is 2.64 bits per heavy atom. The average Bonchev–Trinajstić information content (AvgIpc) is 3.01. The minimum Gasteiger partial charge on any atom is -0.503 e. The molecule has 0 saturated heterocycles. The van der Waals surface area contributed by atoms with E-state index < -0.39 is 0 Å². The van der Waals surface area contributed by atoms with Crippen molar-refractivity contribution in [2.24, 2.45) is 12.0 Å². The van der Waals surface area contributed by atoms with Crippen LogP contribution in [0.1, 0.15) is 25.3 Å². The Morgan fingerprint density at radius 1 is 1.24 bits per heavy atom. The summed E-state index contributed by atoms with van der Waals surface area (Å²) in [6, 6.07) is 6.05. The molecule has 0 aliphatic carbocycles. The van der Waals surface area contributed by atoms with Gasteiger partial charge in [-0.3, -0.25) is 4.99 Å². The van der Waals surface area contributed by atoms with E-state index in [4.69, 9.17) is 4.42 Å². The number of benzene rings is 1. The van der Waals surface area contributed by atoms with Crippen LogP contribution in [0.15, 0.2) is 40.0 Å². The predicted molar refractivity (Wildman–Crippen MR) is 88.1 cm³/mol. The fraction of sp³-hybridized carbons (Fsp3) is 0.294. The maximum Gasteiger partial charge on any atom is 0.270 e. The highest BCUT2D eigenvalue weighted by Gasteiger charge is 2.17. The number of aromatic nitrogens is 4. The smallest absolute Gasteiger partial charge is 0.270 e. The summed E-state index contributed by atoms with van der Waals surface area (Å²) < 4.78 is 20.2. The molecule has 1 aromatic carbocycles. The predicted octanol–water partition coefficient (Wildman–Crippen LogP) is 2.21. The van der Waals surface area contributed by atoms with E-state index in [2.05, 4.69) is 20.2 Å². The molecule has 0 unspecified atom stereocenters. The number of hydrogen-bond acceptors (Lipinski definition) is 6. The SMILES string of the molecule is CC(C)N=c1c(O)c(-c2nnc(Cc3ccc(F)cc3)o2)ncn1C.